The summed E-state index contributed by atoms with van der Waals surface area (Å²) in [6, 6.07) is 14.7. The van der Waals surface area contributed by atoms with Crippen LogP contribution in [0.3, 0.4) is 0 Å². The maximum absolute atomic E-state index is 11.8. The number of nitrogens with zero attached hydrogens (tertiary/aromatic N) is 1. The molecule has 130 valence electrons. The van der Waals surface area contributed by atoms with Crippen LogP contribution in [0.15, 0.2) is 53.6 Å². The Bertz CT molecular complexity index is 800. The summed E-state index contributed by atoms with van der Waals surface area (Å²) in [5, 5.41) is 6.78. The highest BCUT2D eigenvalue weighted by atomic mass is 16.5. The smallest absolute Gasteiger partial charge is 0.277 e. The largest absolute Gasteiger partial charge is 0.484 e. The molecule has 0 saturated carbocycles. The number of amides is 2. The number of hydrazone groups is 1. The number of anilines is 1. The van der Waals surface area contributed by atoms with Crippen molar-refractivity contribution in [3.8, 4) is 5.75 Å². The molecule has 0 aliphatic heterocycles. The molecule has 2 aromatic rings. The maximum atomic E-state index is 11.8. The summed E-state index contributed by atoms with van der Waals surface area (Å²) >= 11 is 0. The highest BCUT2D eigenvalue weighted by molar-refractivity contribution is 6.00. The van der Waals surface area contributed by atoms with Crippen molar-refractivity contribution in [1.82, 2.24) is 5.43 Å². The molecule has 0 heterocycles. The molecule has 0 aliphatic carbocycles. The monoisotopic (exact) mass is 339 g/mol. The molecule has 2 amide bonds. The lowest BCUT2D eigenvalue weighted by Crippen LogP contribution is -2.25. The van der Waals surface area contributed by atoms with E-state index in [0.29, 0.717) is 17.1 Å². The summed E-state index contributed by atoms with van der Waals surface area (Å²) in [6.07, 6.45) is 0. The Hall–Kier alpha value is -3.15. The van der Waals surface area contributed by atoms with Gasteiger partial charge in [-0.15, -0.1) is 0 Å². The molecule has 6 nitrogen and oxygen atoms in total. The standard InChI is InChI=1S/C19H21N3O3/c1-13-6-4-9-18(10-13)25-12-19(24)22-21-14(2)16-7-5-8-17(11-16)20-15(3)23/h4-11H,12H2,1-3H3,(H,20,23)(H,22,24)/b21-14-. The minimum absolute atomic E-state index is 0.119. The van der Waals surface area contributed by atoms with E-state index < -0.39 is 0 Å². The van der Waals surface area contributed by atoms with Crippen LogP contribution in [-0.2, 0) is 9.59 Å². The first-order chi connectivity index (χ1) is 11.9. The molecule has 2 rings (SSSR count). The van der Waals surface area contributed by atoms with Crippen molar-refractivity contribution in [1.29, 1.82) is 0 Å². The Morgan fingerprint density at radius 2 is 1.84 bits per heavy atom. The molecular weight excluding hydrogens is 318 g/mol. The lowest BCUT2D eigenvalue weighted by atomic mass is 10.1. The number of aryl methyl sites for hydroxylation is 1. The van der Waals surface area contributed by atoms with Gasteiger partial charge < -0.3 is 10.1 Å². The Morgan fingerprint density at radius 1 is 1.08 bits per heavy atom. The lowest BCUT2D eigenvalue weighted by molar-refractivity contribution is -0.123. The van der Waals surface area contributed by atoms with Gasteiger partial charge in [-0.3, -0.25) is 9.59 Å². The zero-order chi connectivity index (χ0) is 18.2. The SMILES string of the molecule is CC(=O)Nc1cccc(/C(C)=N\NC(=O)COc2cccc(C)c2)c1. The summed E-state index contributed by atoms with van der Waals surface area (Å²) in [5.74, 6) is 0.145. The van der Waals surface area contributed by atoms with Gasteiger partial charge in [-0.2, -0.15) is 5.10 Å². The van der Waals surface area contributed by atoms with Gasteiger partial charge in [0, 0.05) is 12.6 Å². The van der Waals surface area contributed by atoms with Crippen molar-refractivity contribution < 1.29 is 14.3 Å². The number of benzene rings is 2. The number of hydrogen-bond donors (Lipinski definition) is 2. The van der Waals surface area contributed by atoms with Crippen molar-refractivity contribution in [2.75, 3.05) is 11.9 Å². The first-order valence-electron chi connectivity index (χ1n) is 7.84. The summed E-state index contributed by atoms with van der Waals surface area (Å²) in [4.78, 5) is 23.0. The molecule has 0 fully saturated rings. The van der Waals surface area contributed by atoms with Gasteiger partial charge in [-0.05, 0) is 49.2 Å². The molecule has 0 bridgehead atoms. The van der Waals surface area contributed by atoms with Crippen molar-refractivity contribution in [2.45, 2.75) is 20.8 Å². The minimum Gasteiger partial charge on any atom is -0.484 e. The van der Waals surface area contributed by atoms with Crippen LogP contribution in [0.4, 0.5) is 5.69 Å². The second kappa shape index (κ2) is 8.63. The number of carbonyl (C=O) groups is 2. The fourth-order valence-electron chi connectivity index (χ4n) is 2.12. The fourth-order valence-corrected chi connectivity index (χ4v) is 2.12. The van der Waals surface area contributed by atoms with E-state index in [-0.39, 0.29) is 18.4 Å². The third-order valence-corrected chi connectivity index (χ3v) is 3.31. The highest BCUT2D eigenvalue weighted by Gasteiger charge is 2.04. The van der Waals surface area contributed by atoms with E-state index in [0.717, 1.165) is 11.1 Å². The van der Waals surface area contributed by atoms with Gasteiger partial charge in [0.25, 0.3) is 5.91 Å². The molecule has 2 aromatic carbocycles. The van der Waals surface area contributed by atoms with Crippen LogP contribution in [-0.4, -0.2) is 24.1 Å². The molecule has 25 heavy (non-hydrogen) atoms. The number of rotatable bonds is 6. The number of nitrogens with one attached hydrogen (secondary N) is 2. The molecule has 0 atom stereocenters. The zero-order valence-electron chi connectivity index (χ0n) is 14.5. The molecule has 0 unspecified atom stereocenters. The van der Waals surface area contributed by atoms with E-state index in [1.807, 2.05) is 37.3 Å². The van der Waals surface area contributed by atoms with Crippen LogP contribution in [0.2, 0.25) is 0 Å². The quantitative estimate of drug-likeness (QED) is 0.627. The number of ether oxygens (including phenoxy) is 1. The molecule has 0 saturated heterocycles. The maximum Gasteiger partial charge on any atom is 0.277 e. The van der Waals surface area contributed by atoms with Gasteiger partial charge in [-0.1, -0.05) is 24.3 Å². The summed E-state index contributed by atoms with van der Waals surface area (Å²) < 4.78 is 5.42. The predicted molar refractivity (Wildman–Crippen MR) is 97.8 cm³/mol. The van der Waals surface area contributed by atoms with Crippen molar-refractivity contribution in [3.05, 3.63) is 59.7 Å². The van der Waals surface area contributed by atoms with E-state index in [4.69, 9.17) is 4.74 Å². The first-order valence-corrected chi connectivity index (χ1v) is 7.84. The average molecular weight is 339 g/mol. The summed E-state index contributed by atoms with van der Waals surface area (Å²) in [5.41, 5.74) is 5.62. The van der Waals surface area contributed by atoms with Crippen LogP contribution >= 0.6 is 0 Å². The van der Waals surface area contributed by atoms with E-state index in [9.17, 15) is 9.59 Å². The number of hydrogen-bond acceptors (Lipinski definition) is 4. The van der Waals surface area contributed by atoms with Gasteiger partial charge >= 0.3 is 0 Å². The number of carbonyl (C=O) groups excluding carboxylic acids is 2. The van der Waals surface area contributed by atoms with Gasteiger partial charge in [-0.25, -0.2) is 5.43 Å². The second-order valence-electron chi connectivity index (χ2n) is 5.60. The van der Waals surface area contributed by atoms with Crippen molar-refractivity contribution in [3.63, 3.8) is 0 Å². The first kappa shape index (κ1) is 18.2. The average Bonchev–Trinajstić information content (AvgIpc) is 2.57. The fraction of sp³-hybridized carbons (Fsp3) is 0.211. The Balaban J connectivity index is 1.91. The van der Waals surface area contributed by atoms with E-state index in [2.05, 4.69) is 15.8 Å². The highest BCUT2D eigenvalue weighted by Crippen LogP contribution is 2.12. The van der Waals surface area contributed by atoms with Crippen LogP contribution in [0.25, 0.3) is 0 Å². The van der Waals surface area contributed by atoms with Gasteiger partial charge in [0.05, 0.1) is 5.71 Å². The van der Waals surface area contributed by atoms with Crippen LogP contribution < -0.4 is 15.5 Å². The molecular formula is C19H21N3O3. The Kier molecular flexibility index (Phi) is 6.28. The molecule has 2 N–H and O–H groups in total. The molecule has 6 heteroatoms. The lowest BCUT2D eigenvalue weighted by Gasteiger charge is -2.07. The van der Waals surface area contributed by atoms with Crippen LogP contribution in [0, 0.1) is 6.92 Å². The second-order valence-corrected chi connectivity index (χ2v) is 5.60. The predicted octanol–water partition coefficient (Wildman–Crippen LogP) is 2.87. The van der Waals surface area contributed by atoms with E-state index in [1.54, 1.807) is 25.1 Å². The normalized spacial score (nSPS) is 10.9. The van der Waals surface area contributed by atoms with E-state index in [1.165, 1.54) is 6.92 Å². The molecule has 0 radical (unpaired) electrons. The van der Waals surface area contributed by atoms with Crippen molar-refractivity contribution in [2.24, 2.45) is 5.10 Å². The molecule has 0 aromatic heterocycles. The Labute approximate surface area is 146 Å². The van der Waals surface area contributed by atoms with Gasteiger partial charge in [0.15, 0.2) is 6.61 Å². The van der Waals surface area contributed by atoms with Gasteiger partial charge in [0.2, 0.25) is 5.91 Å². The third kappa shape index (κ3) is 6.10. The molecule has 0 spiro atoms. The molecule has 0 aliphatic rings. The van der Waals surface area contributed by atoms with Crippen molar-refractivity contribution >= 4 is 23.2 Å². The Morgan fingerprint density at radius 3 is 2.56 bits per heavy atom. The van der Waals surface area contributed by atoms with Gasteiger partial charge in [0.1, 0.15) is 5.75 Å². The van der Waals surface area contributed by atoms with Crippen LogP contribution in [0.5, 0.6) is 5.75 Å². The van der Waals surface area contributed by atoms with E-state index >= 15 is 0 Å². The topological polar surface area (TPSA) is 79.8 Å². The minimum atomic E-state index is -0.348. The zero-order valence-corrected chi connectivity index (χ0v) is 14.5. The summed E-state index contributed by atoms with van der Waals surface area (Å²) in [6.45, 7) is 5.05. The third-order valence-electron chi connectivity index (χ3n) is 3.31. The van der Waals surface area contributed by atoms with Crippen LogP contribution in [0.1, 0.15) is 25.0 Å². The summed E-state index contributed by atoms with van der Waals surface area (Å²) in [7, 11) is 0.